The standard InChI is InChI=1S/C16H17N5OS2/c1-10-7-14-19-15(22)8-11(21(14)20-10)9-24-16-17-5-4-12(18-16)13-3-2-6-23-13/h2-6,8,10,14,20H,7,9H2,1H3,(H,19,22). The zero-order valence-corrected chi connectivity index (χ0v) is 14.7. The van der Waals surface area contributed by atoms with Gasteiger partial charge in [0.05, 0.1) is 10.6 Å². The Balaban J connectivity index is 1.48. The van der Waals surface area contributed by atoms with Crippen LogP contribution in [0.25, 0.3) is 10.6 Å². The summed E-state index contributed by atoms with van der Waals surface area (Å²) in [6.07, 6.45) is 4.37. The lowest BCUT2D eigenvalue weighted by Gasteiger charge is -2.32. The van der Waals surface area contributed by atoms with Crippen molar-refractivity contribution in [2.24, 2.45) is 0 Å². The Hall–Kier alpha value is -1.90. The quantitative estimate of drug-likeness (QED) is 0.644. The number of carbonyl (C=O) groups excluding carboxylic acids is 1. The number of nitrogens with one attached hydrogen (secondary N) is 2. The summed E-state index contributed by atoms with van der Waals surface area (Å²) in [5, 5.41) is 7.79. The molecule has 2 aliphatic heterocycles. The van der Waals surface area contributed by atoms with Crippen LogP contribution >= 0.6 is 23.1 Å². The predicted molar refractivity (Wildman–Crippen MR) is 95.1 cm³/mol. The lowest BCUT2D eigenvalue weighted by molar-refractivity contribution is -0.119. The molecular weight excluding hydrogens is 342 g/mol. The van der Waals surface area contributed by atoms with E-state index in [2.05, 4.69) is 38.7 Å². The molecule has 8 heteroatoms. The van der Waals surface area contributed by atoms with Gasteiger partial charge in [-0.25, -0.2) is 15.4 Å². The molecule has 1 amide bonds. The maximum atomic E-state index is 11.9. The summed E-state index contributed by atoms with van der Waals surface area (Å²) in [6.45, 7) is 2.11. The molecule has 2 unspecified atom stereocenters. The number of hydrogen-bond acceptors (Lipinski definition) is 7. The van der Waals surface area contributed by atoms with Crippen LogP contribution in [0.2, 0.25) is 0 Å². The van der Waals surface area contributed by atoms with Crippen LogP contribution in [0, 0.1) is 0 Å². The van der Waals surface area contributed by atoms with E-state index >= 15 is 0 Å². The molecule has 1 saturated heterocycles. The first kappa shape index (κ1) is 15.6. The molecule has 0 bridgehead atoms. The number of nitrogens with zero attached hydrogens (tertiary/aromatic N) is 3. The third-order valence-electron chi connectivity index (χ3n) is 3.92. The number of thiophene rings is 1. The first-order valence-corrected chi connectivity index (χ1v) is 9.62. The highest BCUT2D eigenvalue weighted by Gasteiger charge is 2.34. The zero-order chi connectivity index (χ0) is 16.5. The summed E-state index contributed by atoms with van der Waals surface area (Å²) in [5.74, 6) is 0.619. The van der Waals surface area contributed by atoms with Gasteiger partial charge in [0, 0.05) is 36.2 Å². The van der Waals surface area contributed by atoms with Crippen LogP contribution in [-0.2, 0) is 4.79 Å². The van der Waals surface area contributed by atoms with E-state index in [0.29, 0.717) is 11.8 Å². The van der Waals surface area contributed by atoms with E-state index in [1.54, 1.807) is 35.4 Å². The molecule has 2 aliphatic rings. The van der Waals surface area contributed by atoms with Crippen LogP contribution in [0.5, 0.6) is 0 Å². The van der Waals surface area contributed by atoms with Crippen molar-refractivity contribution in [3.8, 4) is 10.6 Å². The molecule has 24 heavy (non-hydrogen) atoms. The van der Waals surface area contributed by atoms with Gasteiger partial charge in [-0.05, 0) is 24.4 Å². The Labute approximate surface area is 148 Å². The molecule has 4 rings (SSSR count). The molecular formula is C16H17N5OS2. The number of thioether (sulfide) groups is 1. The van der Waals surface area contributed by atoms with E-state index in [1.165, 1.54) is 0 Å². The SMILES string of the molecule is CC1CC2NC(=O)C=C(CSc3nccc(-c4cccs4)n3)N2N1. The molecule has 2 atom stereocenters. The summed E-state index contributed by atoms with van der Waals surface area (Å²) in [5.41, 5.74) is 5.29. The van der Waals surface area contributed by atoms with E-state index in [0.717, 1.165) is 27.8 Å². The van der Waals surface area contributed by atoms with E-state index < -0.39 is 0 Å². The Morgan fingerprint density at radius 2 is 2.38 bits per heavy atom. The lowest BCUT2D eigenvalue weighted by Crippen LogP contribution is -2.51. The molecule has 2 aromatic heterocycles. The van der Waals surface area contributed by atoms with Crippen molar-refractivity contribution in [3.63, 3.8) is 0 Å². The maximum absolute atomic E-state index is 11.9. The Bertz CT molecular complexity index is 777. The average molecular weight is 359 g/mol. The average Bonchev–Trinajstić information content (AvgIpc) is 3.21. The number of rotatable bonds is 4. The maximum Gasteiger partial charge on any atom is 0.247 e. The molecule has 0 spiro atoms. The normalized spacial score (nSPS) is 23.0. The van der Waals surface area contributed by atoms with Crippen LogP contribution in [0.4, 0.5) is 0 Å². The molecule has 4 heterocycles. The first-order valence-electron chi connectivity index (χ1n) is 7.75. The molecule has 2 N–H and O–H groups in total. The minimum absolute atomic E-state index is 0.0315. The summed E-state index contributed by atoms with van der Waals surface area (Å²) in [4.78, 5) is 22.0. The number of fused-ring (bicyclic) bond motifs is 1. The summed E-state index contributed by atoms with van der Waals surface area (Å²) >= 11 is 3.20. The van der Waals surface area contributed by atoms with Crippen molar-refractivity contribution < 1.29 is 4.79 Å². The van der Waals surface area contributed by atoms with E-state index in [4.69, 9.17) is 0 Å². The number of aromatic nitrogens is 2. The molecule has 0 aliphatic carbocycles. The summed E-state index contributed by atoms with van der Waals surface area (Å²) in [6, 6.07) is 6.33. The number of hydrazine groups is 1. The highest BCUT2D eigenvalue weighted by molar-refractivity contribution is 7.99. The van der Waals surface area contributed by atoms with Gasteiger partial charge in [0.2, 0.25) is 5.91 Å². The van der Waals surface area contributed by atoms with Gasteiger partial charge in [0.15, 0.2) is 5.16 Å². The van der Waals surface area contributed by atoms with Crippen LogP contribution in [-0.4, -0.2) is 38.8 Å². The smallest absolute Gasteiger partial charge is 0.247 e. The molecule has 1 fully saturated rings. The Morgan fingerprint density at radius 3 is 3.21 bits per heavy atom. The highest BCUT2D eigenvalue weighted by atomic mass is 32.2. The number of amides is 1. The molecule has 124 valence electrons. The number of carbonyl (C=O) groups is 1. The second kappa shape index (κ2) is 6.54. The summed E-state index contributed by atoms with van der Waals surface area (Å²) in [7, 11) is 0. The lowest BCUT2D eigenvalue weighted by atomic mass is 10.2. The third-order valence-corrected chi connectivity index (χ3v) is 5.71. The fourth-order valence-corrected chi connectivity index (χ4v) is 4.37. The largest absolute Gasteiger partial charge is 0.331 e. The van der Waals surface area contributed by atoms with Crippen molar-refractivity contribution in [1.29, 1.82) is 0 Å². The van der Waals surface area contributed by atoms with Gasteiger partial charge in [-0.1, -0.05) is 17.8 Å². The monoisotopic (exact) mass is 359 g/mol. The van der Waals surface area contributed by atoms with Crippen molar-refractivity contribution >= 4 is 29.0 Å². The predicted octanol–water partition coefficient (Wildman–Crippen LogP) is 2.24. The van der Waals surface area contributed by atoms with Gasteiger partial charge in [-0.3, -0.25) is 9.80 Å². The van der Waals surface area contributed by atoms with Gasteiger partial charge >= 0.3 is 0 Å². The number of hydrogen-bond donors (Lipinski definition) is 2. The van der Waals surface area contributed by atoms with Gasteiger partial charge in [-0.2, -0.15) is 0 Å². The van der Waals surface area contributed by atoms with Crippen molar-refractivity contribution in [2.75, 3.05) is 5.75 Å². The molecule has 6 nitrogen and oxygen atoms in total. The molecule has 0 saturated carbocycles. The van der Waals surface area contributed by atoms with E-state index in [9.17, 15) is 4.79 Å². The highest BCUT2D eigenvalue weighted by Crippen LogP contribution is 2.27. The van der Waals surface area contributed by atoms with Gasteiger partial charge < -0.3 is 5.32 Å². The Morgan fingerprint density at radius 1 is 1.46 bits per heavy atom. The van der Waals surface area contributed by atoms with E-state index in [1.807, 2.05) is 17.5 Å². The van der Waals surface area contributed by atoms with Crippen molar-refractivity contribution in [3.05, 3.63) is 41.5 Å². The van der Waals surface area contributed by atoms with Crippen LogP contribution in [0.15, 0.2) is 46.7 Å². The van der Waals surface area contributed by atoms with Crippen LogP contribution < -0.4 is 10.7 Å². The second-order valence-corrected chi connectivity index (χ2v) is 7.68. The molecule has 0 radical (unpaired) electrons. The van der Waals surface area contributed by atoms with Gasteiger partial charge in [0.25, 0.3) is 0 Å². The third kappa shape index (κ3) is 3.17. The van der Waals surface area contributed by atoms with Gasteiger partial charge in [-0.15, -0.1) is 11.3 Å². The summed E-state index contributed by atoms with van der Waals surface area (Å²) < 4.78 is 0. The van der Waals surface area contributed by atoms with Crippen molar-refractivity contribution in [2.45, 2.75) is 30.7 Å². The fraction of sp³-hybridized carbons (Fsp3) is 0.312. The fourth-order valence-electron chi connectivity index (χ4n) is 2.88. The minimum Gasteiger partial charge on any atom is -0.331 e. The minimum atomic E-state index is -0.0315. The van der Waals surface area contributed by atoms with Crippen molar-refractivity contribution in [1.82, 2.24) is 25.7 Å². The first-order chi connectivity index (χ1) is 11.7. The topological polar surface area (TPSA) is 70.2 Å². The van der Waals surface area contributed by atoms with Crippen LogP contribution in [0.3, 0.4) is 0 Å². The van der Waals surface area contributed by atoms with Crippen LogP contribution in [0.1, 0.15) is 13.3 Å². The molecule has 0 aromatic carbocycles. The second-order valence-electron chi connectivity index (χ2n) is 5.79. The van der Waals surface area contributed by atoms with E-state index in [-0.39, 0.29) is 12.1 Å². The Kier molecular flexibility index (Phi) is 4.26. The van der Waals surface area contributed by atoms with Gasteiger partial charge in [0.1, 0.15) is 6.17 Å². The molecule has 2 aromatic rings. The zero-order valence-electron chi connectivity index (χ0n) is 13.1.